The molecule has 0 spiro atoms. The van der Waals surface area contributed by atoms with Crippen LogP contribution in [0.15, 0.2) is 4.99 Å². The number of aliphatic imine (C=N–C) groups is 1. The summed E-state index contributed by atoms with van der Waals surface area (Å²) in [6, 6.07) is -10.2. The van der Waals surface area contributed by atoms with Crippen molar-refractivity contribution >= 4 is 93.9 Å². The van der Waals surface area contributed by atoms with E-state index < -0.39 is 164 Å². The number of carboxylic acids is 1. The van der Waals surface area contributed by atoms with Crippen molar-refractivity contribution in [2.24, 2.45) is 28.1 Å². The van der Waals surface area contributed by atoms with Crippen LogP contribution in [0.25, 0.3) is 0 Å². The number of carbonyl (C=O) groups excluding carboxylic acids is 12. The first-order chi connectivity index (χ1) is 33.3. The number of carbonyl (C=O) groups is 13. The molecule has 1 rings (SSSR count). The fourth-order valence-corrected chi connectivity index (χ4v) is 6.92. The second-order valence-electron chi connectivity index (χ2n) is 16.2. The molecule has 0 aliphatic carbocycles. The van der Waals surface area contributed by atoms with E-state index >= 15 is 0 Å². The molecular weight excluding hydrogens is 965 g/mol. The van der Waals surface area contributed by atoms with Gasteiger partial charge in [0.1, 0.15) is 36.3 Å². The van der Waals surface area contributed by atoms with Crippen molar-refractivity contribution < 1.29 is 82.0 Å². The second-order valence-corrected chi connectivity index (χ2v) is 17.4. The summed E-state index contributed by atoms with van der Waals surface area (Å²) in [6.45, 7) is 3.90. The van der Waals surface area contributed by atoms with Gasteiger partial charge < -0.3 is 79.4 Å². The Balaban J connectivity index is 3.66. The van der Waals surface area contributed by atoms with Crippen LogP contribution in [-0.4, -0.2) is 173 Å². The van der Waals surface area contributed by atoms with Crippen molar-refractivity contribution in [3.8, 4) is 0 Å². The number of aliphatic hydroxyl groups excluding tert-OH is 1. The van der Waals surface area contributed by atoms with Crippen molar-refractivity contribution in [3.05, 3.63) is 0 Å². The maximum atomic E-state index is 13.8. The van der Waals surface area contributed by atoms with Gasteiger partial charge in [0.05, 0.1) is 58.1 Å². The third kappa shape index (κ3) is 26.5. The number of primary amides is 1. The smallest absolute Gasteiger partial charge is 0.328 e. The van der Waals surface area contributed by atoms with Crippen LogP contribution in [0.4, 0.5) is 0 Å². The summed E-state index contributed by atoms with van der Waals surface area (Å²) in [5.74, 6) is -13.6. The van der Waals surface area contributed by atoms with Gasteiger partial charge in [0.25, 0.3) is 0 Å². The second kappa shape index (κ2) is 32.7. The van der Waals surface area contributed by atoms with Gasteiger partial charge in [-0.1, -0.05) is 25.6 Å². The lowest BCUT2D eigenvalue weighted by molar-refractivity contribution is -0.149. The van der Waals surface area contributed by atoms with E-state index in [4.69, 9.17) is 26.7 Å². The van der Waals surface area contributed by atoms with E-state index in [1.165, 1.54) is 0 Å². The lowest BCUT2D eigenvalue weighted by Crippen LogP contribution is -2.61. The third-order valence-corrected chi connectivity index (χ3v) is 10.6. The number of esters is 2. The Kier molecular flexibility index (Phi) is 28.5. The Hall–Kier alpha value is -7.11. The van der Waals surface area contributed by atoms with Crippen LogP contribution < -0.4 is 59.7 Å². The molecule has 3 unspecified atom stereocenters. The van der Waals surface area contributed by atoms with E-state index in [-0.39, 0.29) is 62.9 Å². The van der Waals surface area contributed by atoms with Gasteiger partial charge in [-0.15, -0.1) is 0 Å². The molecule has 16 N–H and O–H groups in total. The number of thioether (sulfide) groups is 1. The standard InChI is InChI=1S/C41H66N12O17S/c1-5-69-32(61)11-14-71-33(62)10-13-70-40(68)23-8-9-28(56)48-24(15-20(2)3)38(66)53-34(21(4)54)39(67)50-22(7-6-12-45-41(43)44)36(64)52-26(17-31(59)60)35(63)47-18-29(57)46-19-30(58)49-25(16-27(42)55)37(65)51-23/h20-26,34,54H,5-19H2,1-4H3,(H2,42,55)(H,46,57)(H,47,63)(H,48,56)(H,49,58)(H,50,67)(H,51,65)(H,52,64)(H,53,66)(H,59,60)(H4,43,44,45)/t21-,22+,23?,24+,25?,26+,34?/m1/s1. The fraction of sp³-hybridized carbons (Fsp3) is 0.659. The van der Waals surface area contributed by atoms with E-state index in [2.05, 4.69) is 47.5 Å². The zero-order chi connectivity index (χ0) is 53.8. The van der Waals surface area contributed by atoms with Gasteiger partial charge >= 0.3 is 17.9 Å². The molecule has 1 saturated heterocycles. The van der Waals surface area contributed by atoms with Crippen LogP contribution >= 0.6 is 11.8 Å². The number of hydrogen-bond acceptors (Lipinski definition) is 18. The maximum absolute atomic E-state index is 13.8. The first kappa shape index (κ1) is 61.9. The summed E-state index contributed by atoms with van der Waals surface area (Å²) < 4.78 is 10.0. The fourth-order valence-electron chi connectivity index (χ4n) is 6.19. The summed E-state index contributed by atoms with van der Waals surface area (Å²) in [7, 11) is 0. The molecular formula is C41H66N12O17S. The number of hydrogen-bond donors (Lipinski definition) is 13. The van der Waals surface area contributed by atoms with E-state index in [0.29, 0.717) is 0 Å². The Labute approximate surface area is 412 Å². The molecule has 1 aliphatic rings. The largest absolute Gasteiger partial charge is 0.481 e. The SMILES string of the molecule is CCOC(=O)CCSC(=O)CCOC(=O)C1CCC(=O)N[C@@H](CC(C)C)C(=O)NC([C@@H](C)O)C(=O)N[C@@H](CCCN=C(N)N)C(=O)N[C@@H](CC(=O)O)C(=O)NCC(=O)NCC(=O)NC(CC(N)=O)C(=O)N1. The van der Waals surface area contributed by atoms with Crippen LogP contribution in [0.5, 0.6) is 0 Å². The Morgan fingerprint density at radius 2 is 1.32 bits per heavy atom. The van der Waals surface area contributed by atoms with Crippen LogP contribution in [0.1, 0.15) is 85.5 Å². The van der Waals surface area contributed by atoms with Gasteiger partial charge in [-0.25, -0.2) is 4.79 Å². The molecule has 30 heteroatoms. The minimum atomic E-state index is -1.87. The van der Waals surface area contributed by atoms with Crippen molar-refractivity contribution in [1.82, 2.24) is 42.5 Å². The van der Waals surface area contributed by atoms with Gasteiger partial charge in [-0.05, 0) is 45.4 Å². The number of rotatable bonds is 19. The zero-order valence-corrected chi connectivity index (χ0v) is 40.6. The highest BCUT2D eigenvalue weighted by Gasteiger charge is 2.35. The highest BCUT2D eigenvalue weighted by molar-refractivity contribution is 8.13. The van der Waals surface area contributed by atoms with Gasteiger partial charge in [-0.2, -0.15) is 0 Å². The van der Waals surface area contributed by atoms with Gasteiger partial charge in [0.2, 0.25) is 53.2 Å². The normalized spacial score (nSPS) is 22.1. The molecule has 0 aromatic rings. The minimum absolute atomic E-state index is 0.0121. The van der Waals surface area contributed by atoms with Crippen molar-refractivity contribution in [2.75, 3.05) is 38.6 Å². The number of guanidine groups is 1. The number of nitrogens with one attached hydrogen (secondary N) is 8. The number of nitrogens with zero attached hydrogens (tertiary/aromatic N) is 1. The molecule has 1 fully saturated rings. The van der Waals surface area contributed by atoms with Crippen molar-refractivity contribution in [2.45, 2.75) is 128 Å². The number of amides is 9. The number of aliphatic carboxylic acids is 1. The maximum Gasteiger partial charge on any atom is 0.328 e. The predicted octanol–water partition coefficient (Wildman–Crippen LogP) is -6.10. The summed E-state index contributed by atoms with van der Waals surface area (Å²) in [5, 5.41) is 37.8. The van der Waals surface area contributed by atoms with Crippen LogP contribution in [-0.2, 0) is 71.8 Å². The molecule has 0 bridgehead atoms. The topological polar surface area (TPSA) is 467 Å². The number of carboxylic acid groups (broad SMARTS) is 1. The molecule has 0 aromatic carbocycles. The van der Waals surface area contributed by atoms with Gasteiger partial charge in [-0.3, -0.25) is 62.5 Å². The lowest BCUT2D eigenvalue weighted by atomic mass is 10.0. The van der Waals surface area contributed by atoms with Gasteiger partial charge in [0, 0.05) is 18.7 Å². The molecule has 0 saturated carbocycles. The molecule has 29 nitrogen and oxygen atoms in total. The quantitative estimate of drug-likeness (QED) is 0.0248. The Morgan fingerprint density at radius 3 is 1.93 bits per heavy atom. The molecule has 1 heterocycles. The number of ether oxygens (including phenoxy) is 2. The van der Waals surface area contributed by atoms with E-state index in [0.717, 1.165) is 18.7 Å². The molecule has 9 amide bonds. The monoisotopic (exact) mass is 1030 g/mol. The molecule has 71 heavy (non-hydrogen) atoms. The Bertz CT molecular complexity index is 1970. The highest BCUT2D eigenvalue weighted by Crippen LogP contribution is 2.12. The highest BCUT2D eigenvalue weighted by atomic mass is 32.2. The molecule has 7 atom stereocenters. The number of nitrogens with two attached hydrogens (primary N) is 3. The average molecular weight is 1030 g/mol. The van der Waals surface area contributed by atoms with Gasteiger partial charge in [0.15, 0.2) is 11.1 Å². The molecule has 398 valence electrons. The van der Waals surface area contributed by atoms with E-state index in [9.17, 15) is 72.5 Å². The summed E-state index contributed by atoms with van der Waals surface area (Å²) >= 11 is 0.774. The summed E-state index contributed by atoms with van der Waals surface area (Å²) in [4.78, 5) is 172. The lowest BCUT2D eigenvalue weighted by Gasteiger charge is -2.28. The zero-order valence-electron chi connectivity index (χ0n) is 39.8. The minimum Gasteiger partial charge on any atom is -0.481 e. The summed E-state index contributed by atoms with van der Waals surface area (Å²) in [6.07, 6.45) is -5.41. The molecule has 1 aliphatic heterocycles. The van der Waals surface area contributed by atoms with E-state index in [1.807, 2.05) is 0 Å². The first-order valence-electron chi connectivity index (χ1n) is 22.4. The van der Waals surface area contributed by atoms with E-state index in [1.54, 1.807) is 20.8 Å². The van der Waals surface area contributed by atoms with Crippen LogP contribution in [0.3, 0.4) is 0 Å². The van der Waals surface area contributed by atoms with Crippen molar-refractivity contribution in [1.29, 1.82) is 0 Å². The summed E-state index contributed by atoms with van der Waals surface area (Å²) in [5.41, 5.74) is 16.1. The Morgan fingerprint density at radius 1 is 0.718 bits per heavy atom. The van der Waals surface area contributed by atoms with Crippen LogP contribution in [0.2, 0.25) is 0 Å². The predicted molar refractivity (Wildman–Crippen MR) is 248 cm³/mol. The van der Waals surface area contributed by atoms with Crippen molar-refractivity contribution in [3.63, 3.8) is 0 Å². The molecule has 0 radical (unpaired) electrons. The average Bonchev–Trinajstić information content (AvgIpc) is 3.27. The number of aliphatic hydroxyl groups is 1. The third-order valence-electron chi connectivity index (χ3n) is 9.62. The van der Waals surface area contributed by atoms with Crippen LogP contribution in [0, 0.1) is 5.92 Å². The molecule has 0 aromatic heterocycles. The first-order valence-corrected chi connectivity index (χ1v) is 23.4.